The molecule has 5 nitrogen and oxygen atoms in total. The van der Waals surface area contributed by atoms with Crippen molar-refractivity contribution in [3.63, 3.8) is 0 Å². The molecule has 3 rings (SSSR count). The first kappa shape index (κ1) is 16.5. The second kappa shape index (κ2) is 7.49. The number of nitrogens with zero attached hydrogens (tertiary/aromatic N) is 1. The lowest BCUT2D eigenvalue weighted by molar-refractivity contribution is 0.105. The van der Waals surface area contributed by atoms with Crippen molar-refractivity contribution in [3.8, 4) is 5.75 Å². The number of hydrogen-bond donors (Lipinski definition) is 1. The quantitative estimate of drug-likeness (QED) is 0.537. The van der Waals surface area contributed by atoms with Crippen molar-refractivity contribution in [3.05, 3.63) is 83.9 Å². The number of anilines is 1. The lowest BCUT2D eigenvalue weighted by Gasteiger charge is -2.06. The molecule has 0 amide bonds. The summed E-state index contributed by atoms with van der Waals surface area (Å²) in [5, 5.41) is 7.01. The SMILES string of the molecule is COc1ccc(NC=C(C(=O)c2ccccc2)c2cc(C)no2)cc1. The molecule has 2 aromatic carbocycles. The van der Waals surface area contributed by atoms with Gasteiger partial charge in [0.15, 0.2) is 11.5 Å². The highest BCUT2D eigenvalue weighted by Gasteiger charge is 2.18. The third-order valence-corrected chi connectivity index (χ3v) is 3.65. The monoisotopic (exact) mass is 334 g/mol. The van der Waals surface area contributed by atoms with Gasteiger partial charge in [0, 0.05) is 23.5 Å². The van der Waals surface area contributed by atoms with Gasteiger partial charge >= 0.3 is 0 Å². The Balaban J connectivity index is 1.91. The number of nitrogens with one attached hydrogen (secondary N) is 1. The van der Waals surface area contributed by atoms with Gasteiger partial charge in [0.05, 0.1) is 18.4 Å². The van der Waals surface area contributed by atoms with Crippen LogP contribution in [0.1, 0.15) is 21.8 Å². The van der Waals surface area contributed by atoms with E-state index in [1.165, 1.54) is 0 Å². The standard InChI is InChI=1S/C20H18N2O3/c1-14-12-19(25-22-14)18(20(23)15-6-4-3-5-7-15)13-21-16-8-10-17(24-2)11-9-16/h3-13,21H,1-2H3. The second-order valence-electron chi connectivity index (χ2n) is 5.46. The number of ether oxygens (including phenoxy) is 1. The van der Waals surface area contributed by atoms with Crippen LogP contribution in [0.3, 0.4) is 0 Å². The Bertz CT molecular complexity index is 881. The van der Waals surface area contributed by atoms with Crippen LogP contribution in [0.15, 0.2) is 71.4 Å². The number of rotatable bonds is 6. The molecule has 126 valence electrons. The molecule has 0 aliphatic carbocycles. The molecule has 0 aliphatic rings. The van der Waals surface area contributed by atoms with Crippen molar-refractivity contribution in [1.29, 1.82) is 0 Å². The summed E-state index contributed by atoms with van der Waals surface area (Å²) in [4.78, 5) is 12.9. The zero-order valence-corrected chi connectivity index (χ0v) is 14.0. The minimum atomic E-state index is -0.141. The lowest BCUT2D eigenvalue weighted by Crippen LogP contribution is -2.04. The fourth-order valence-electron chi connectivity index (χ4n) is 2.33. The molecule has 5 heteroatoms. The van der Waals surface area contributed by atoms with E-state index in [0.717, 1.165) is 11.4 Å². The highest BCUT2D eigenvalue weighted by Crippen LogP contribution is 2.22. The van der Waals surface area contributed by atoms with Gasteiger partial charge in [-0.15, -0.1) is 0 Å². The number of allylic oxidation sites excluding steroid dienone is 1. The summed E-state index contributed by atoms with van der Waals surface area (Å²) in [6, 6.07) is 18.2. The summed E-state index contributed by atoms with van der Waals surface area (Å²) < 4.78 is 10.4. The first-order valence-corrected chi connectivity index (χ1v) is 7.81. The van der Waals surface area contributed by atoms with Gasteiger partial charge in [0.1, 0.15) is 5.75 Å². The van der Waals surface area contributed by atoms with Crippen LogP contribution in [0.4, 0.5) is 5.69 Å². The normalized spacial score (nSPS) is 11.2. The maximum absolute atomic E-state index is 12.9. The Hall–Kier alpha value is -3.34. The van der Waals surface area contributed by atoms with Crippen LogP contribution in [0, 0.1) is 6.92 Å². The number of benzene rings is 2. The van der Waals surface area contributed by atoms with Gasteiger partial charge in [-0.05, 0) is 31.2 Å². The number of carbonyl (C=O) groups excluding carboxylic acids is 1. The summed E-state index contributed by atoms with van der Waals surface area (Å²) in [7, 11) is 1.62. The van der Waals surface area contributed by atoms with Crippen LogP contribution < -0.4 is 10.1 Å². The van der Waals surface area contributed by atoms with Crippen LogP contribution in [0.25, 0.3) is 5.57 Å². The fourth-order valence-corrected chi connectivity index (χ4v) is 2.33. The fraction of sp³-hybridized carbons (Fsp3) is 0.100. The molecule has 1 aromatic heterocycles. The molecule has 0 saturated heterocycles. The number of aryl methyl sites for hydroxylation is 1. The van der Waals surface area contributed by atoms with E-state index in [1.54, 1.807) is 31.5 Å². The molecule has 0 radical (unpaired) electrons. The van der Waals surface area contributed by atoms with E-state index in [-0.39, 0.29) is 5.78 Å². The van der Waals surface area contributed by atoms with E-state index >= 15 is 0 Å². The molecular weight excluding hydrogens is 316 g/mol. The molecule has 1 heterocycles. The number of ketones is 1. The number of carbonyl (C=O) groups is 1. The molecule has 0 aliphatic heterocycles. The van der Waals surface area contributed by atoms with Gasteiger partial charge in [0.25, 0.3) is 0 Å². The molecule has 0 atom stereocenters. The highest BCUT2D eigenvalue weighted by molar-refractivity contribution is 6.28. The Kier molecular flexibility index (Phi) is 4.95. The average molecular weight is 334 g/mol. The maximum atomic E-state index is 12.9. The number of hydrogen-bond acceptors (Lipinski definition) is 5. The molecule has 0 spiro atoms. The van der Waals surface area contributed by atoms with E-state index in [1.807, 2.05) is 49.4 Å². The minimum absolute atomic E-state index is 0.141. The van der Waals surface area contributed by atoms with Crippen LogP contribution in [0.2, 0.25) is 0 Å². The first-order chi connectivity index (χ1) is 12.2. The Morgan fingerprint density at radius 3 is 2.44 bits per heavy atom. The molecule has 1 N–H and O–H groups in total. The smallest absolute Gasteiger partial charge is 0.198 e. The van der Waals surface area contributed by atoms with E-state index in [0.29, 0.717) is 22.6 Å². The van der Waals surface area contributed by atoms with Crippen molar-refractivity contribution in [2.75, 3.05) is 12.4 Å². The third kappa shape index (κ3) is 3.95. The summed E-state index contributed by atoms with van der Waals surface area (Å²) in [5.41, 5.74) is 2.53. The average Bonchev–Trinajstić information content (AvgIpc) is 3.09. The molecule has 3 aromatic rings. The van der Waals surface area contributed by atoms with Crippen LogP contribution in [-0.2, 0) is 0 Å². The summed E-state index contributed by atoms with van der Waals surface area (Å²) in [5.74, 6) is 1.05. The van der Waals surface area contributed by atoms with Crippen molar-refractivity contribution in [1.82, 2.24) is 5.16 Å². The van der Waals surface area contributed by atoms with Crippen LogP contribution in [0.5, 0.6) is 5.75 Å². The number of Topliss-reactive ketones (excluding diaryl/α,β-unsaturated/α-hetero) is 1. The summed E-state index contributed by atoms with van der Waals surface area (Å²) >= 11 is 0. The van der Waals surface area contributed by atoms with Crippen molar-refractivity contribution < 1.29 is 14.1 Å². The predicted octanol–water partition coefficient (Wildman–Crippen LogP) is 4.33. The Morgan fingerprint density at radius 2 is 1.84 bits per heavy atom. The predicted molar refractivity (Wildman–Crippen MR) is 96.6 cm³/mol. The minimum Gasteiger partial charge on any atom is -0.497 e. The van der Waals surface area contributed by atoms with Crippen LogP contribution in [-0.4, -0.2) is 18.0 Å². The van der Waals surface area contributed by atoms with E-state index in [4.69, 9.17) is 9.26 Å². The Labute approximate surface area is 145 Å². The van der Waals surface area contributed by atoms with E-state index < -0.39 is 0 Å². The van der Waals surface area contributed by atoms with Gasteiger partial charge in [-0.1, -0.05) is 35.5 Å². The maximum Gasteiger partial charge on any atom is 0.198 e. The second-order valence-corrected chi connectivity index (χ2v) is 5.46. The topological polar surface area (TPSA) is 64.4 Å². The van der Waals surface area contributed by atoms with E-state index in [9.17, 15) is 4.79 Å². The molecule has 0 bridgehead atoms. The first-order valence-electron chi connectivity index (χ1n) is 7.81. The van der Waals surface area contributed by atoms with Crippen molar-refractivity contribution in [2.24, 2.45) is 0 Å². The molecule has 0 saturated carbocycles. The Morgan fingerprint density at radius 1 is 1.12 bits per heavy atom. The van der Waals surface area contributed by atoms with Gasteiger partial charge in [0.2, 0.25) is 0 Å². The molecular formula is C20H18N2O3. The number of aromatic nitrogens is 1. The van der Waals surface area contributed by atoms with Crippen molar-refractivity contribution in [2.45, 2.75) is 6.92 Å². The van der Waals surface area contributed by atoms with Gasteiger partial charge in [-0.25, -0.2) is 0 Å². The lowest BCUT2D eigenvalue weighted by atomic mass is 10.0. The van der Waals surface area contributed by atoms with E-state index in [2.05, 4.69) is 10.5 Å². The largest absolute Gasteiger partial charge is 0.497 e. The highest BCUT2D eigenvalue weighted by atomic mass is 16.5. The van der Waals surface area contributed by atoms with Gasteiger partial charge < -0.3 is 14.6 Å². The van der Waals surface area contributed by atoms with Crippen LogP contribution >= 0.6 is 0 Å². The van der Waals surface area contributed by atoms with Gasteiger partial charge in [-0.2, -0.15) is 0 Å². The molecule has 25 heavy (non-hydrogen) atoms. The summed E-state index contributed by atoms with van der Waals surface area (Å²) in [6.45, 7) is 1.81. The third-order valence-electron chi connectivity index (χ3n) is 3.65. The molecule has 0 unspecified atom stereocenters. The van der Waals surface area contributed by atoms with Crippen molar-refractivity contribution >= 4 is 17.0 Å². The molecule has 0 fully saturated rings. The summed E-state index contributed by atoms with van der Waals surface area (Å²) in [6.07, 6.45) is 1.64. The van der Waals surface area contributed by atoms with Gasteiger partial charge in [-0.3, -0.25) is 4.79 Å². The zero-order chi connectivity index (χ0) is 17.6. The number of methoxy groups -OCH3 is 1. The zero-order valence-electron chi connectivity index (χ0n) is 14.0.